The van der Waals surface area contributed by atoms with Gasteiger partial charge in [-0.05, 0) is 31.7 Å². The average molecular weight is 231 g/mol. The zero-order valence-corrected chi connectivity index (χ0v) is 10.1. The van der Waals surface area contributed by atoms with Gasteiger partial charge in [0.25, 0.3) is 0 Å². The van der Waals surface area contributed by atoms with Gasteiger partial charge in [-0.3, -0.25) is 0 Å². The Kier molecular flexibility index (Phi) is 3.67. The Balaban J connectivity index is 1.59. The van der Waals surface area contributed by atoms with Crippen LogP contribution in [0, 0.1) is 5.92 Å². The van der Waals surface area contributed by atoms with Gasteiger partial charge >= 0.3 is 0 Å². The molecule has 2 aliphatic rings. The fourth-order valence-corrected chi connectivity index (χ4v) is 3.86. The lowest BCUT2D eigenvalue weighted by Gasteiger charge is -2.28. The number of hydrogen-bond donors (Lipinski definition) is 1. The third-order valence-corrected chi connectivity index (χ3v) is 5.48. The summed E-state index contributed by atoms with van der Waals surface area (Å²) in [5, 5.41) is 3.49. The second-order valence-electron chi connectivity index (χ2n) is 4.97. The van der Waals surface area contributed by atoms with Crippen LogP contribution < -0.4 is 5.32 Å². The summed E-state index contributed by atoms with van der Waals surface area (Å²) in [6.07, 6.45) is 7.12. The maximum absolute atomic E-state index is 11.2. The first-order valence-corrected chi connectivity index (χ1v) is 7.92. The number of nitrogens with one attached hydrogen (secondary N) is 1. The van der Waals surface area contributed by atoms with Crippen LogP contribution in [0.1, 0.15) is 38.5 Å². The Bertz CT molecular complexity index is 282. The highest BCUT2D eigenvalue weighted by Crippen LogP contribution is 2.28. The van der Waals surface area contributed by atoms with Crippen LogP contribution in [-0.2, 0) is 9.84 Å². The molecule has 88 valence electrons. The largest absolute Gasteiger partial charge is 0.314 e. The van der Waals surface area contributed by atoms with E-state index in [0.29, 0.717) is 17.5 Å². The minimum atomic E-state index is -2.69. The standard InChI is InChI=1S/C11H21NO2S/c13-15(14)8-5-11(6-9-15)12-7-4-10-2-1-3-10/h10-12H,1-9H2. The molecule has 0 spiro atoms. The van der Waals surface area contributed by atoms with Crippen molar-refractivity contribution in [1.29, 1.82) is 0 Å². The highest BCUT2D eigenvalue weighted by Gasteiger charge is 2.23. The van der Waals surface area contributed by atoms with Crippen LogP contribution in [0.5, 0.6) is 0 Å². The van der Waals surface area contributed by atoms with Crippen molar-refractivity contribution in [3.8, 4) is 0 Å². The number of hydrogen-bond acceptors (Lipinski definition) is 3. The molecule has 0 unspecified atom stereocenters. The molecule has 1 aliphatic heterocycles. The molecule has 2 rings (SSSR count). The first kappa shape index (κ1) is 11.4. The van der Waals surface area contributed by atoms with Crippen LogP contribution in [0.25, 0.3) is 0 Å². The number of rotatable bonds is 4. The molecule has 0 amide bonds. The van der Waals surface area contributed by atoms with Crippen molar-refractivity contribution in [2.24, 2.45) is 5.92 Å². The van der Waals surface area contributed by atoms with Crippen molar-refractivity contribution in [1.82, 2.24) is 5.32 Å². The molecule has 15 heavy (non-hydrogen) atoms. The van der Waals surface area contributed by atoms with Crippen molar-refractivity contribution >= 4 is 9.84 Å². The molecule has 3 nitrogen and oxygen atoms in total. The lowest BCUT2D eigenvalue weighted by Crippen LogP contribution is -2.38. The minimum absolute atomic E-state index is 0.383. The van der Waals surface area contributed by atoms with Gasteiger partial charge in [-0.25, -0.2) is 8.42 Å². The van der Waals surface area contributed by atoms with Crippen molar-refractivity contribution < 1.29 is 8.42 Å². The maximum Gasteiger partial charge on any atom is 0.150 e. The van der Waals surface area contributed by atoms with Gasteiger partial charge in [0, 0.05) is 6.04 Å². The summed E-state index contributed by atoms with van der Waals surface area (Å²) in [5.41, 5.74) is 0. The van der Waals surface area contributed by atoms with E-state index in [1.54, 1.807) is 0 Å². The van der Waals surface area contributed by atoms with E-state index in [4.69, 9.17) is 0 Å². The monoisotopic (exact) mass is 231 g/mol. The zero-order chi connectivity index (χ0) is 10.7. The van der Waals surface area contributed by atoms with Crippen LogP contribution in [0.2, 0.25) is 0 Å². The highest BCUT2D eigenvalue weighted by atomic mass is 32.2. The lowest BCUT2D eigenvalue weighted by atomic mass is 9.83. The van der Waals surface area contributed by atoms with E-state index in [1.807, 2.05) is 0 Å². The van der Waals surface area contributed by atoms with E-state index in [9.17, 15) is 8.42 Å². The van der Waals surface area contributed by atoms with Gasteiger partial charge < -0.3 is 5.32 Å². The molecule has 0 aromatic rings. The maximum atomic E-state index is 11.2. The molecule has 0 bridgehead atoms. The van der Waals surface area contributed by atoms with Crippen LogP contribution in [0.3, 0.4) is 0 Å². The molecule has 1 aliphatic carbocycles. The fraction of sp³-hybridized carbons (Fsp3) is 1.00. The molecule has 1 heterocycles. The Labute approximate surface area is 92.6 Å². The van der Waals surface area contributed by atoms with Crippen LogP contribution in [0.4, 0.5) is 0 Å². The van der Waals surface area contributed by atoms with Gasteiger partial charge in [-0.1, -0.05) is 19.3 Å². The molecular weight excluding hydrogens is 210 g/mol. The van der Waals surface area contributed by atoms with Crippen molar-refractivity contribution in [2.75, 3.05) is 18.1 Å². The Morgan fingerprint density at radius 3 is 2.27 bits per heavy atom. The second-order valence-corrected chi connectivity index (χ2v) is 7.27. The van der Waals surface area contributed by atoms with E-state index in [1.165, 1.54) is 25.7 Å². The highest BCUT2D eigenvalue weighted by molar-refractivity contribution is 7.91. The Morgan fingerprint density at radius 2 is 1.73 bits per heavy atom. The Hall–Kier alpha value is -0.0900. The van der Waals surface area contributed by atoms with Crippen molar-refractivity contribution in [3.05, 3.63) is 0 Å². The van der Waals surface area contributed by atoms with E-state index >= 15 is 0 Å². The lowest BCUT2D eigenvalue weighted by molar-refractivity contribution is 0.285. The summed E-state index contributed by atoms with van der Waals surface area (Å²) in [6, 6.07) is 0.452. The molecule has 1 saturated heterocycles. The zero-order valence-electron chi connectivity index (χ0n) is 9.24. The molecule has 2 fully saturated rings. The predicted octanol–water partition coefficient (Wildman–Crippen LogP) is 1.34. The van der Waals surface area contributed by atoms with Crippen molar-refractivity contribution in [3.63, 3.8) is 0 Å². The third-order valence-electron chi connectivity index (χ3n) is 3.76. The summed E-state index contributed by atoms with van der Waals surface area (Å²) < 4.78 is 22.4. The third kappa shape index (κ3) is 3.45. The van der Waals surface area contributed by atoms with E-state index in [2.05, 4.69) is 5.32 Å². The van der Waals surface area contributed by atoms with Crippen LogP contribution in [-0.4, -0.2) is 32.5 Å². The molecule has 0 aromatic heterocycles. The number of sulfone groups is 1. The van der Waals surface area contributed by atoms with Crippen LogP contribution in [0.15, 0.2) is 0 Å². The first-order valence-electron chi connectivity index (χ1n) is 6.09. The molecule has 4 heteroatoms. The Morgan fingerprint density at radius 1 is 1.07 bits per heavy atom. The molecule has 1 N–H and O–H groups in total. The fourth-order valence-electron chi connectivity index (χ4n) is 2.37. The summed E-state index contributed by atoms with van der Waals surface area (Å²) in [4.78, 5) is 0. The van der Waals surface area contributed by atoms with Crippen LogP contribution >= 0.6 is 0 Å². The SMILES string of the molecule is O=S1(=O)CCC(NCCC2CCC2)CC1. The minimum Gasteiger partial charge on any atom is -0.314 e. The summed E-state index contributed by atoms with van der Waals surface area (Å²) >= 11 is 0. The second kappa shape index (κ2) is 4.83. The predicted molar refractivity (Wildman–Crippen MR) is 61.6 cm³/mol. The first-order chi connectivity index (χ1) is 7.16. The average Bonchev–Trinajstić information content (AvgIpc) is 2.12. The topological polar surface area (TPSA) is 46.2 Å². The summed E-state index contributed by atoms with van der Waals surface area (Å²) in [7, 11) is -2.69. The van der Waals surface area contributed by atoms with E-state index in [0.717, 1.165) is 25.3 Å². The summed E-state index contributed by atoms with van der Waals surface area (Å²) in [5.74, 6) is 1.71. The van der Waals surface area contributed by atoms with Gasteiger partial charge in [0.15, 0.2) is 0 Å². The molecule has 0 radical (unpaired) electrons. The quantitative estimate of drug-likeness (QED) is 0.794. The molecule has 0 atom stereocenters. The van der Waals surface area contributed by atoms with E-state index < -0.39 is 9.84 Å². The van der Waals surface area contributed by atoms with Gasteiger partial charge in [-0.2, -0.15) is 0 Å². The van der Waals surface area contributed by atoms with E-state index in [-0.39, 0.29) is 0 Å². The van der Waals surface area contributed by atoms with Gasteiger partial charge in [0.2, 0.25) is 0 Å². The smallest absolute Gasteiger partial charge is 0.150 e. The van der Waals surface area contributed by atoms with Gasteiger partial charge in [0.1, 0.15) is 9.84 Å². The normalized spacial score (nSPS) is 27.5. The molecular formula is C11H21NO2S. The molecule has 0 aromatic carbocycles. The van der Waals surface area contributed by atoms with Gasteiger partial charge in [0.05, 0.1) is 11.5 Å². The molecule has 1 saturated carbocycles. The van der Waals surface area contributed by atoms with Gasteiger partial charge in [-0.15, -0.1) is 0 Å². The van der Waals surface area contributed by atoms with Crippen molar-refractivity contribution in [2.45, 2.75) is 44.6 Å². The summed E-state index contributed by atoms with van der Waals surface area (Å²) in [6.45, 7) is 1.08.